The molecule has 37 heavy (non-hydrogen) atoms. The Morgan fingerprint density at radius 1 is 1.03 bits per heavy atom. The zero-order chi connectivity index (χ0) is 27.2. The standard InChI is InChI=1S/C8H7N3O.C7H10N4.C4H8O.2CH3.5HI.2V/c1-6(12)7-5-10-8-9-3-2-4-11(7)8;1-11(2)6-10-7-8-4-3-5-9-7;1-3-4(2)5;;;;;;;;;/h2-5H,1H3;3-6H,1-2H3;3H2,1-2H3;2*1H3;5*1H;;/q;;;2*-1;;;;;;+2;+3/p-5. The number of carbonyl (C=O) groups is 2. The monoisotopic (exact) mass is 1150 g/mol. The molecule has 3 heterocycles. The van der Waals surface area contributed by atoms with E-state index in [4.69, 9.17) is 0 Å². The number of imidazole rings is 1. The van der Waals surface area contributed by atoms with Crippen LogP contribution < -0.4 is 0 Å². The van der Waals surface area contributed by atoms with Crippen LogP contribution in [0.5, 0.6) is 0 Å². The van der Waals surface area contributed by atoms with Gasteiger partial charge in [0.05, 0.1) is 12.5 Å². The average molecular weight is 1150 g/mol. The summed E-state index contributed by atoms with van der Waals surface area (Å²) in [6.07, 6.45) is 10.6. The second kappa shape index (κ2) is 30.3. The fourth-order valence-corrected chi connectivity index (χ4v) is 1.61. The number of fused-ring (bicyclic) bond motifs is 1. The fourth-order valence-electron chi connectivity index (χ4n) is 1.61. The molecule has 0 spiro atoms. The summed E-state index contributed by atoms with van der Waals surface area (Å²) < 4.78 is 1.67. The molecular weight excluding hydrogens is 1120 g/mol. The van der Waals surface area contributed by atoms with E-state index in [-0.39, 0.29) is 31.3 Å². The van der Waals surface area contributed by atoms with E-state index < -0.39 is 0 Å². The first-order valence-corrected chi connectivity index (χ1v) is 32.0. The molecule has 0 saturated heterocycles. The van der Waals surface area contributed by atoms with Gasteiger partial charge >= 0.3 is 114 Å². The minimum atomic E-state index is -0.278. The van der Waals surface area contributed by atoms with Gasteiger partial charge in [0.1, 0.15) is 11.5 Å². The number of aliphatic imine (C=N–C) groups is 1. The van der Waals surface area contributed by atoms with E-state index in [1.807, 2.05) is 25.9 Å². The Labute approximate surface area is 288 Å². The molecule has 16 heteroatoms. The molecule has 0 aliphatic heterocycles. The second-order valence-corrected chi connectivity index (χ2v) is 53.2. The van der Waals surface area contributed by atoms with Crippen LogP contribution in [0.25, 0.3) is 5.78 Å². The number of halogens is 5. The summed E-state index contributed by atoms with van der Waals surface area (Å²) in [5, 5.41) is 0. The third-order valence-electron chi connectivity index (χ3n) is 3.10. The van der Waals surface area contributed by atoms with Crippen LogP contribution in [0, 0.1) is 14.9 Å². The van der Waals surface area contributed by atoms with Crippen LogP contribution in [-0.2, 0) is 19.2 Å². The van der Waals surface area contributed by atoms with Crippen LogP contribution in [0.4, 0.5) is 5.95 Å². The Morgan fingerprint density at radius 2 is 1.49 bits per heavy atom. The van der Waals surface area contributed by atoms with Gasteiger partial charge in [0.15, 0.2) is 5.78 Å². The van der Waals surface area contributed by atoms with Crippen LogP contribution in [0.15, 0.2) is 48.1 Å². The number of nitrogens with zero attached hydrogens (tertiary/aromatic N) is 7. The van der Waals surface area contributed by atoms with Crippen molar-refractivity contribution in [3.8, 4) is 0 Å². The fraction of sp³-hybridized carbons (Fsp3) is 0.286. The van der Waals surface area contributed by atoms with Crippen LogP contribution >= 0.6 is 99.9 Å². The molecular formula is C21H31I5N7O2V2-2. The zero-order valence-electron chi connectivity index (χ0n) is 21.6. The molecule has 9 nitrogen and oxygen atoms in total. The topological polar surface area (TPSA) is 106 Å². The van der Waals surface area contributed by atoms with Crippen molar-refractivity contribution < 1.29 is 24.0 Å². The van der Waals surface area contributed by atoms with Crippen molar-refractivity contribution in [2.24, 2.45) is 4.99 Å². The van der Waals surface area contributed by atoms with E-state index in [1.54, 1.807) is 54.6 Å². The van der Waals surface area contributed by atoms with Gasteiger partial charge in [0, 0.05) is 52.2 Å². The molecule has 0 radical (unpaired) electrons. The second-order valence-electron chi connectivity index (χ2n) is 6.06. The van der Waals surface area contributed by atoms with Crippen molar-refractivity contribution in [3.05, 3.63) is 63.7 Å². The minimum absolute atomic E-state index is 0. The summed E-state index contributed by atoms with van der Waals surface area (Å²) in [6, 6.07) is 3.52. The van der Waals surface area contributed by atoms with Crippen molar-refractivity contribution in [1.82, 2.24) is 29.2 Å². The molecule has 0 aromatic carbocycles. The quantitative estimate of drug-likeness (QED) is 0.0860. The molecule has 0 atom stereocenters. The summed E-state index contributed by atoms with van der Waals surface area (Å²) >= 11 is 12.1. The molecule has 0 saturated carbocycles. The van der Waals surface area contributed by atoms with Crippen LogP contribution in [0.2, 0.25) is 0 Å². The first kappa shape index (κ1) is 45.3. The third kappa shape index (κ3) is 28.6. The Bertz CT molecular complexity index is 995. The van der Waals surface area contributed by atoms with Crippen molar-refractivity contribution in [2.75, 3.05) is 14.1 Å². The predicted molar refractivity (Wildman–Crippen MR) is 191 cm³/mol. The zero-order valence-corrected chi connectivity index (χ0v) is 35.1. The molecule has 0 unspecified atom stereocenters. The van der Waals surface area contributed by atoms with Crippen molar-refractivity contribution in [1.29, 1.82) is 0 Å². The van der Waals surface area contributed by atoms with Gasteiger partial charge in [-0.1, -0.05) is 6.92 Å². The van der Waals surface area contributed by atoms with Gasteiger partial charge in [0.25, 0.3) is 5.95 Å². The number of rotatable bonds is 4. The molecule has 3 aromatic heterocycles. The number of hydrogen-bond donors (Lipinski definition) is 0. The van der Waals surface area contributed by atoms with E-state index in [1.165, 1.54) is 13.1 Å². The van der Waals surface area contributed by atoms with Crippen LogP contribution in [-0.4, -0.2) is 61.2 Å². The molecule has 0 amide bonds. The SMILES string of the molecule is CC(=O)c1cnc2ncccn12.CCC(C)=O.CN(C)C=Nc1ncccn1.[CH3-].[CH3-].[I][V]([I])[I].[I][V][I]. The third-order valence-corrected chi connectivity index (χ3v) is 3.10. The number of aromatic nitrogens is 5. The van der Waals surface area contributed by atoms with Crippen LogP contribution in [0.1, 0.15) is 37.7 Å². The summed E-state index contributed by atoms with van der Waals surface area (Å²) in [5.74, 6) is 1.30. The Balaban J connectivity index is -0.000000201. The molecule has 209 valence electrons. The maximum atomic E-state index is 11.0. The van der Waals surface area contributed by atoms with Gasteiger partial charge in [-0.2, -0.15) is 0 Å². The Kier molecular flexibility index (Phi) is 37.1. The van der Waals surface area contributed by atoms with Gasteiger partial charge in [-0.05, 0) is 19.1 Å². The molecule has 0 bridgehead atoms. The molecule has 0 N–H and O–H groups in total. The Morgan fingerprint density at radius 3 is 1.89 bits per heavy atom. The molecule has 0 aliphatic carbocycles. The van der Waals surface area contributed by atoms with Gasteiger partial charge < -0.3 is 24.5 Å². The maximum absolute atomic E-state index is 11.0. The van der Waals surface area contributed by atoms with Crippen LogP contribution in [0.3, 0.4) is 0 Å². The van der Waals surface area contributed by atoms with Crippen molar-refractivity contribution in [2.45, 2.75) is 27.2 Å². The van der Waals surface area contributed by atoms with Gasteiger partial charge in [-0.3, -0.25) is 9.20 Å². The van der Waals surface area contributed by atoms with Gasteiger partial charge in [-0.15, -0.1) is 0 Å². The Hall–Kier alpha value is 1.33. The van der Waals surface area contributed by atoms with Gasteiger partial charge in [0.2, 0.25) is 5.78 Å². The first-order valence-electron chi connectivity index (χ1n) is 9.45. The summed E-state index contributed by atoms with van der Waals surface area (Å²) in [5.41, 5.74) is 0.568. The first-order chi connectivity index (χ1) is 16.5. The average Bonchev–Trinajstić information content (AvgIpc) is 3.24. The van der Waals surface area contributed by atoms with E-state index in [9.17, 15) is 9.59 Å². The summed E-state index contributed by atoms with van der Waals surface area (Å²) in [4.78, 5) is 42.2. The van der Waals surface area contributed by atoms with Gasteiger partial charge in [-0.25, -0.2) is 24.9 Å². The molecule has 0 aliphatic rings. The summed E-state index contributed by atoms with van der Waals surface area (Å²) in [7, 11) is 4.42. The number of Topliss-reactive ketones (excluding diaryl/α,β-unsaturated/α-hetero) is 2. The van der Waals surface area contributed by atoms with E-state index in [0.29, 0.717) is 33.3 Å². The predicted octanol–water partition coefficient (Wildman–Crippen LogP) is 7.94. The van der Waals surface area contributed by atoms with Crippen molar-refractivity contribution in [3.63, 3.8) is 0 Å². The number of hydrogen-bond acceptors (Lipinski definition) is 7. The van der Waals surface area contributed by atoms with E-state index in [0.717, 1.165) is 0 Å². The van der Waals surface area contributed by atoms with E-state index in [2.05, 4.69) is 125 Å². The summed E-state index contributed by atoms with van der Waals surface area (Å²) in [6.45, 7) is 4.94. The molecule has 3 rings (SSSR count). The van der Waals surface area contributed by atoms with Crippen molar-refractivity contribution >= 4 is 130 Å². The normalized spacial score (nSPS) is 8.84. The number of carbonyl (C=O) groups excluding carboxylic acids is 2. The number of ketones is 2. The van der Waals surface area contributed by atoms with E-state index >= 15 is 0 Å². The molecule has 3 aromatic rings. The molecule has 0 fully saturated rings.